The number of nitriles is 1. The molecule has 0 spiro atoms. The molecular weight excluding hydrogens is 271 g/mol. The molecule has 1 saturated carbocycles. The predicted molar refractivity (Wildman–Crippen MR) is 76.5 cm³/mol. The number of hydrogen-bond acceptors (Lipinski definition) is 3. The molecule has 2 amide bonds. The molecular formula is C15H17FN4O. The van der Waals surface area contributed by atoms with Crippen LogP contribution in [0.5, 0.6) is 0 Å². The first-order valence-electron chi connectivity index (χ1n) is 7.17. The van der Waals surface area contributed by atoms with Gasteiger partial charge in [-0.25, -0.2) is 9.18 Å². The second kappa shape index (κ2) is 5.60. The topological polar surface area (TPSA) is 59.4 Å². The van der Waals surface area contributed by atoms with Crippen molar-refractivity contribution in [3.8, 4) is 6.07 Å². The van der Waals surface area contributed by atoms with Gasteiger partial charge in [0, 0.05) is 32.2 Å². The van der Waals surface area contributed by atoms with Crippen LogP contribution < -0.4 is 10.2 Å². The van der Waals surface area contributed by atoms with Gasteiger partial charge in [0.05, 0.1) is 17.3 Å². The number of nitrogens with zero attached hydrogens (tertiary/aromatic N) is 3. The van der Waals surface area contributed by atoms with Crippen LogP contribution in [0.2, 0.25) is 0 Å². The van der Waals surface area contributed by atoms with Crippen LogP contribution in [-0.2, 0) is 0 Å². The summed E-state index contributed by atoms with van der Waals surface area (Å²) in [6.07, 6.45) is 2.14. The average molecular weight is 288 g/mol. The SMILES string of the molecule is N#Cc1ccc(N2CCN(C(=O)NC3CC3)CC2)c(F)c1. The van der Waals surface area contributed by atoms with Crippen molar-refractivity contribution < 1.29 is 9.18 Å². The summed E-state index contributed by atoms with van der Waals surface area (Å²) < 4.78 is 14.0. The van der Waals surface area contributed by atoms with Gasteiger partial charge in [0.25, 0.3) is 0 Å². The second-order valence-electron chi connectivity index (χ2n) is 5.48. The van der Waals surface area contributed by atoms with Crippen molar-refractivity contribution in [3.63, 3.8) is 0 Å². The molecule has 1 aliphatic heterocycles. The minimum atomic E-state index is -0.384. The van der Waals surface area contributed by atoms with Gasteiger partial charge in [0.2, 0.25) is 0 Å². The van der Waals surface area contributed by atoms with Crippen LogP contribution in [0.15, 0.2) is 18.2 Å². The summed E-state index contributed by atoms with van der Waals surface area (Å²) in [7, 11) is 0. The molecule has 1 saturated heterocycles. The lowest BCUT2D eigenvalue weighted by atomic mass is 10.2. The molecule has 1 aromatic carbocycles. The van der Waals surface area contributed by atoms with Crippen molar-refractivity contribution in [1.29, 1.82) is 5.26 Å². The van der Waals surface area contributed by atoms with E-state index >= 15 is 0 Å². The van der Waals surface area contributed by atoms with Crippen LogP contribution in [0.4, 0.5) is 14.9 Å². The van der Waals surface area contributed by atoms with E-state index in [9.17, 15) is 9.18 Å². The summed E-state index contributed by atoms with van der Waals surface area (Å²) in [6, 6.07) is 6.76. The number of hydrogen-bond donors (Lipinski definition) is 1. The van der Waals surface area contributed by atoms with Crippen molar-refractivity contribution in [2.24, 2.45) is 0 Å². The molecule has 1 N–H and O–H groups in total. The standard InChI is InChI=1S/C15H17FN4O/c16-13-9-11(10-17)1-4-14(13)19-5-7-20(8-6-19)15(21)18-12-2-3-12/h1,4,9,12H,2-3,5-8H2,(H,18,21). The van der Waals surface area contributed by atoms with Crippen molar-refractivity contribution in [2.45, 2.75) is 18.9 Å². The molecule has 0 bridgehead atoms. The van der Waals surface area contributed by atoms with Crippen LogP contribution in [0.25, 0.3) is 0 Å². The Labute approximate surface area is 122 Å². The van der Waals surface area contributed by atoms with E-state index in [1.54, 1.807) is 17.0 Å². The summed E-state index contributed by atoms with van der Waals surface area (Å²) in [5, 5.41) is 11.7. The van der Waals surface area contributed by atoms with Crippen LogP contribution in [-0.4, -0.2) is 43.2 Å². The molecule has 2 fully saturated rings. The number of amides is 2. The summed E-state index contributed by atoms with van der Waals surface area (Å²) in [6.45, 7) is 2.36. The van der Waals surface area contributed by atoms with Gasteiger partial charge in [-0.2, -0.15) is 5.26 Å². The normalized spacial score (nSPS) is 18.3. The molecule has 0 aromatic heterocycles. The van der Waals surface area contributed by atoms with E-state index in [0.717, 1.165) is 12.8 Å². The third-order valence-corrected chi connectivity index (χ3v) is 3.89. The molecule has 5 nitrogen and oxygen atoms in total. The van der Waals surface area contributed by atoms with Crippen LogP contribution in [0.1, 0.15) is 18.4 Å². The van der Waals surface area contributed by atoms with Crippen LogP contribution in [0, 0.1) is 17.1 Å². The van der Waals surface area contributed by atoms with Crippen LogP contribution >= 0.6 is 0 Å². The predicted octanol–water partition coefficient (Wildman–Crippen LogP) is 1.69. The third kappa shape index (κ3) is 3.07. The van der Waals surface area contributed by atoms with Gasteiger partial charge < -0.3 is 15.1 Å². The van der Waals surface area contributed by atoms with Gasteiger partial charge in [-0.15, -0.1) is 0 Å². The fraction of sp³-hybridized carbons (Fsp3) is 0.467. The Morgan fingerprint density at radius 1 is 1.29 bits per heavy atom. The lowest BCUT2D eigenvalue weighted by Crippen LogP contribution is -2.52. The average Bonchev–Trinajstić information content (AvgIpc) is 3.31. The van der Waals surface area contributed by atoms with Gasteiger partial charge in [-0.05, 0) is 31.0 Å². The zero-order valence-electron chi connectivity index (χ0n) is 11.7. The van der Waals surface area contributed by atoms with E-state index < -0.39 is 0 Å². The minimum Gasteiger partial charge on any atom is -0.366 e. The molecule has 6 heteroatoms. The summed E-state index contributed by atoms with van der Waals surface area (Å²) in [5.74, 6) is -0.384. The van der Waals surface area contributed by atoms with Crippen molar-refractivity contribution in [1.82, 2.24) is 10.2 Å². The lowest BCUT2D eigenvalue weighted by Gasteiger charge is -2.36. The highest BCUT2D eigenvalue weighted by Crippen LogP contribution is 2.22. The summed E-state index contributed by atoms with van der Waals surface area (Å²) >= 11 is 0. The molecule has 1 heterocycles. The number of benzene rings is 1. The number of carbonyl (C=O) groups is 1. The molecule has 21 heavy (non-hydrogen) atoms. The number of nitrogens with one attached hydrogen (secondary N) is 1. The Morgan fingerprint density at radius 3 is 2.57 bits per heavy atom. The Balaban J connectivity index is 1.60. The number of rotatable bonds is 2. The Kier molecular flexibility index (Phi) is 3.65. The molecule has 110 valence electrons. The van der Waals surface area contributed by atoms with Crippen molar-refractivity contribution >= 4 is 11.7 Å². The molecule has 0 unspecified atom stereocenters. The van der Waals surface area contributed by atoms with Crippen molar-refractivity contribution in [2.75, 3.05) is 31.1 Å². The highest BCUT2D eigenvalue weighted by molar-refractivity contribution is 5.75. The fourth-order valence-electron chi connectivity index (χ4n) is 2.48. The zero-order chi connectivity index (χ0) is 14.8. The monoisotopic (exact) mass is 288 g/mol. The van der Waals surface area contributed by atoms with Crippen molar-refractivity contribution in [3.05, 3.63) is 29.6 Å². The molecule has 0 atom stereocenters. The number of urea groups is 1. The maximum Gasteiger partial charge on any atom is 0.317 e. The highest BCUT2D eigenvalue weighted by atomic mass is 19.1. The first-order valence-corrected chi connectivity index (χ1v) is 7.17. The Morgan fingerprint density at radius 2 is 2.00 bits per heavy atom. The smallest absolute Gasteiger partial charge is 0.317 e. The number of piperazine rings is 1. The summed E-state index contributed by atoms with van der Waals surface area (Å²) in [4.78, 5) is 15.6. The molecule has 0 radical (unpaired) electrons. The van der Waals surface area contributed by atoms with E-state index in [-0.39, 0.29) is 11.8 Å². The van der Waals surface area contributed by atoms with E-state index in [4.69, 9.17) is 5.26 Å². The minimum absolute atomic E-state index is 0.0162. The highest BCUT2D eigenvalue weighted by Gasteiger charge is 2.28. The molecule has 1 aliphatic carbocycles. The van der Waals surface area contributed by atoms with E-state index in [1.165, 1.54) is 6.07 Å². The maximum atomic E-state index is 14.0. The van der Waals surface area contributed by atoms with Gasteiger partial charge in [-0.3, -0.25) is 0 Å². The van der Waals surface area contributed by atoms with E-state index in [2.05, 4.69) is 5.32 Å². The maximum absolute atomic E-state index is 14.0. The first kappa shape index (κ1) is 13.7. The van der Waals surface area contributed by atoms with E-state index in [1.807, 2.05) is 11.0 Å². The molecule has 2 aliphatic rings. The molecule has 1 aromatic rings. The van der Waals surface area contributed by atoms with Crippen LogP contribution in [0.3, 0.4) is 0 Å². The van der Waals surface area contributed by atoms with Gasteiger partial charge >= 0.3 is 6.03 Å². The third-order valence-electron chi connectivity index (χ3n) is 3.89. The Bertz CT molecular complexity index is 586. The number of carbonyl (C=O) groups excluding carboxylic acids is 1. The van der Waals surface area contributed by atoms with E-state index in [0.29, 0.717) is 43.5 Å². The first-order chi connectivity index (χ1) is 10.2. The number of halogens is 1. The lowest BCUT2D eigenvalue weighted by molar-refractivity contribution is 0.194. The van der Waals surface area contributed by atoms with Gasteiger partial charge in [0.15, 0.2) is 0 Å². The quantitative estimate of drug-likeness (QED) is 0.901. The van der Waals surface area contributed by atoms with Gasteiger partial charge in [-0.1, -0.05) is 0 Å². The zero-order valence-corrected chi connectivity index (χ0v) is 11.7. The second-order valence-corrected chi connectivity index (χ2v) is 5.48. The number of anilines is 1. The Hall–Kier alpha value is -2.29. The fourth-order valence-corrected chi connectivity index (χ4v) is 2.48. The largest absolute Gasteiger partial charge is 0.366 e. The molecule has 3 rings (SSSR count). The summed E-state index contributed by atoms with van der Waals surface area (Å²) in [5.41, 5.74) is 0.815. The van der Waals surface area contributed by atoms with Gasteiger partial charge in [0.1, 0.15) is 5.82 Å².